The van der Waals surface area contributed by atoms with Gasteiger partial charge in [0, 0.05) is 7.05 Å². The van der Waals surface area contributed by atoms with Gasteiger partial charge in [0.15, 0.2) is 0 Å². The van der Waals surface area contributed by atoms with Gasteiger partial charge in [-0.05, 0) is 12.8 Å². The molecule has 0 bridgehead atoms. The maximum atomic E-state index is 11.0. The third-order valence-electron chi connectivity index (χ3n) is 3.30. The van der Waals surface area contributed by atoms with Crippen LogP contribution in [0.3, 0.4) is 0 Å². The molecule has 17 heavy (non-hydrogen) atoms. The summed E-state index contributed by atoms with van der Waals surface area (Å²) in [6.45, 7) is 0.336. The molecular formula is C12H18N2O3. The van der Waals surface area contributed by atoms with Crippen molar-refractivity contribution in [2.24, 2.45) is 7.05 Å². The van der Waals surface area contributed by atoms with Crippen molar-refractivity contribution >= 4 is 5.97 Å². The SMILES string of the molecule is Cn1ncc(C(=O)O)c1COC1CCCCC1. The van der Waals surface area contributed by atoms with E-state index in [1.165, 1.54) is 25.5 Å². The minimum atomic E-state index is -0.944. The first-order valence-corrected chi connectivity index (χ1v) is 6.04. The molecule has 1 saturated carbocycles. The van der Waals surface area contributed by atoms with Gasteiger partial charge >= 0.3 is 5.97 Å². The quantitative estimate of drug-likeness (QED) is 0.871. The van der Waals surface area contributed by atoms with Gasteiger partial charge in [-0.2, -0.15) is 5.10 Å². The smallest absolute Gasteiger partial charge is 0.339 e. The van der Waals surface area contributed by atoms with Crippen LogP contribution in [0.5, 0.6) is 0 Å². The Morgan fingerprint density at radius 1 is 1.53 bits per heavy atom. The summed E-state index contributed by atoms with van der Waals surface area (Å²) in [5, 5.41) is 13.0. The van der Waals surface area contributed by atoms with Crippen LogP contribution in [0.4, 0.5) is 0 Å². The van der Waals surface area contributed by atoms with E-state index in [4.69, 9.17) is 9.84 Å². The average Bonchev–Trinajstić information content (AvgIpc) is 2.69. The van der Waals surface area contributed by atoms with Crippen molar-refractivity contribution in [1.82, 2.24) is 9.78 Å². The molecular weight excluding hydrogens is 220 g/mol. The summed E-state index contributed by atoms with van der Waals surface area (Å²) in [4.78, 5) is 11.0. The highest BCUT2D eigenvalue weighted by Gasteiger charge is 2.18. The van der Waals surface area contributed by atoms with Gasteiger partial charge in [-0.3, -0.25) is 4.68 Å². The fourth-order valence-corrected chi connectivity index (χ4v) is 2.24. The fourth-order valence-electron chi connectivity index (χ4n) is 2.24. The number of rotatable bonds is 4. The van der Waals surface area contributed by atoms with Crippen molar-refractivity contribution in [2.45, 2.75) is 44.8 Å². The summed E-state index contributed by atoms with van der Waals surface area (Å²) >= 11 is 0. The maximum Gasteiger partial charge on any atom is 0.339 e. The number of carbonyl (C=O) groups is 1. The summed E-state index contributed by atoms with van der Waals surface area (Å²) in [6.07, 6.45) is 7.53. The Balaban J connectivity index is 1.97. The molecule has 0 aliphatic heterocycles. The largest absolute Gasteiger partial charge is 0.478 e. The van der Waals surface area contributed by atoms with Crippen LogP contribution in [0, 0.1) is 0 Å². The topological polar surface area (TPSA) is 64.4 Å². The van der Waals surface area contributed by atoms with Gasteiger partial charge in [0.2, 0.25) is 0 Å². The molecule has 1 fully saturated rings. The summed E-state index contributed by atoms with van der Waals surface area (Å²) in [7, 11) is 1.74. The summed E-state index contributed by atoms with van der Waals surface area (Å²) < 4.78 is 7.35. The first kappa shape index (κ1) is 12.1. The van der Waals surface area contributed by atoms with Crippen LogP contribution < -0.4 is 0 Å². The van der Waals surface area contributed by atoms with Gasteiger partial charge in [0.1, 0.15) is 5.56 Å². The Morgan fingerprint density at radius 2 is 2.24 bits per heavy atom. The highest BCUT2D eigenvalue weighted by molar-refractivity contribution is 5.88. The molecule has 5 heteroatoms. The Kier molecular flexibility index (Phi) is 3.78. The molecule has 1 heterocycles. The Labute approximate surface area is 100 Å². The number of aromatic nitrogens is 2. The van der Waals surface area contributed by atoms with E-state index in [1.807, 2.05) is 0 Å². The van der Waals surface area contributed by atoms with Gasteiger partial charge in [-0.25, -0.2) is 4.79 Å². The highest BCUT2D eigenvalue weighted by Crippen LogP contribution is 2.21. The number of hydrogen-bond donors (Lipinski definition) is 1. The number of nitrogens with zero attached hydrogens (tertiary/aromatic N) is 2. The molecule has 1 aliphatic rings. The summed E-state index contributed by atoms with van der Waals surface area (Å²) in [6, 6.07) is 0. The van der Waals surface area contributed by atoms with Crippen LogP contribution in [0.1, 0.15) is 48.2 Å². The normalized spacial score (nSPS) is 17.2. The number of carboxylic acid groups (broad SMARTS) is 1. The second kappa shape index (κ2) is 5.31. The predicted octanol–water partition coefficient (Wildman–Crippen LogP) is 1.97. The lowest BCUT2D eigenvalue weighted by Crippen LogP contribution is -2.18. The molecule has 0 unspecified atom stereocenters. The van der Waals surface area contributed by atoms with E-state index < -0.39 is 5.97 Å². The summed E-state index contributed by atoms with van der Waals surface area (Å²) in [5.41, 5.74) is 0.881. The number of aromatic carboxylic acids is 1. The van der Waals surface area contributed by atoms with E-state index in [1.54, 1.807) is 11.7 Å². The zero-order valence-corrected chi connectivity index (χ0v) is 10.1. The Bertz CT molecular complexity index is 394. The van der Waals surface area contributed by atoms with Gasteiger partial charge in [0.05, 0.1) is 24.6 Å². The van der Waals surface area contributed by atoms with E-state index >= 15 is 0 Å². The Hall–Kier alpha value is -1.36. The molecule has 0 radical (unpaired) electrons. The van der Waals surface area contributed by atoms with Gasteiger partial charge in [-0.15, -0.1) is 0 Å². The number of hydrogen-bond acceptors (Lipinski definition) is 3. The van der Waals surface area contributed by atoms with Crippen molar-refractivity contribution in [3.63, 3.8) is 0 Å². The van der Waals surface area contributed by atoms with Gasteiger partial charge in [0.25, 0.3) is 0 Å². The minimum Gasteiger partial charge on any atom is -0.478 e. The standard InChI is InChI=1S/C12H18N2O3/c1-14-11(10(7-13-14)12(15)16)8-17-9-5-3-2-4-6-9/h7,9H,2-6,8H2,1H3,(H,15,16). The first-order chi connectivity index (χ1) is 8.18. The van der Waals surface area contributed by atoms with Crippen molar-refractivity contribution in [2.75, 3.05) is 0 Å². The number of carboxylic acids is 1. The average molecular weight is 238 g/mol. The molecule has 0 aromatic carbocycles. The molecule has 0 atom stereocenters. The lowest BCUT2D eigenvalue weighted by atomic mass is 9.98. The molecule has 1 aromatic heterocycles. The molecule has 2 rings (SSSR count). The second-order valence-corrected chi connectivity index (χ2v) is 4.50. The molecule has 5 nitrogen and oxygen atoms in total. The van der Waals surface area contributed by atoms with Crippen LogP contribution in [-0.2, 0) is 18.4 Å². The summed E-state index contributed by atoms with van der Waals surface area (Å²) in [5.74, 6) is -0.944. The molecule has 1 N–H and O–H groups in total. The van der Waals surface area contributed by atoms with Crippen molar-refractivity contribution in [1.29, 1.82) is 0 Å². The van der Waals surface area contributed by atoms with E-state index in [0.29, 0.717) is 12.3 Å². The van der Waals surface area contributed by atoms with Gasteiger partial charge in [-0.1, -0.05) is 19.3 Å². The van der Waals surface area contributed by atoms with Crippen molar-refractivity contribution in [3.8, 4) is 0 Å². The number of aryl methyl sites for hydroxylation is 1. The van der Waals surface area contributed by atoms with E-state index in [-0.39, 0.29) is 11.7 Å². The Morgan fingerprint density at radius 3 is 2.88 bits per heavy atom. The van der Waals surface area contributed by atoms with Crippen LogP contribution in [0.2, 0.25) is 0 Å². The van der Waals surface area contributed by atoms with E-state index in [0.717, 1.165) is 12.8 Å². The second-order valence-electron chi connectivity index (χ2n) is 4.50. The third-order valence-corrected chi connectivity index (χ3v) is 3.30. The van der Waals surface area contributed by atoms with Crippen molar-refractivity contribution < 1.29 is 14.6 Å². The lowest BCUT2D eigenvalue weighted by Gasteiger charge is -2.22. The fraction of sp³-hybridized carbons (Fsp3) is 0.667. The zero-order valence-electron chi connectivity index (χ0n) is 10.1. The molecule has 0 saturated heterocycles. The van der Waals surface area contributed by atoms with E-state index in [2.05, 4.69) is 5.10 Å². The molecule has 94 valence electrons. The molecule has 1 aromatic rings. The monoisotopic (exact) mass is 238 g/mol. The van der Waals surface area contributed by atoms with Crippen LogP contribution >= 0.6 is 0 Å². The molecule has 0 spiro atoms. The highest BCUT2D eigenvalue weighted by atomic mass is 16.5. The molecule has 1 aliphatic carbocycles. The van der Waals surface area contributed by atoms with Crippen LogP contribution in [-0.4, -0.2) is 27.0 Å². The van der Waals surface area contributed by atoms with Crippen LogP contribution in [0.25, 0.3) is 0 Å². The third kappa shape index (κ3) is 2.85. The van der Waals surface area contributed by atoms with Crippen molar-refractivity contribution in [3.05, 3.63) is 17.5 Å². The maximum absolute atomic E-state index is 11.0. The minimum absolute atomic E-state index is 0.239. The molecule has 0 amide bonds. The zero-order chi connectivity index (χ0) is 12.3. The van der Waals surface area contributed by atoms with Crippen LogP contribution in [0.15, 0.2) is 6.20 Å². The predicted molar refractivity (Wildman–Crippen MR) is 61.8 cm³/mol. The van der Waals surface area contributed by atoms with E-state index in [9.17, 15) is 4.79 Å². The lowest BCUT2D eigenvalue weighted by molar-refractivity contribution is 0.0132. The van der Waals surface area contributed by atoms with Gasteiger partial charge < -0.3 is 9.84 Å². The first-order valence-electron chi connectivity index (χ1n) is 6.04. The number of ether oxygens (including phenoxy) is 1.